The Balaban J connectivity index is 2.12. The summed E-state index contributed by atoms with van der Waals surface area (Å²) in [7, 11) is -0.657. The number of amides is 2. The molecule has 0 saturated carbocycles. The lowest BCUT2D eigenvalue weighted by Gasteiger charge is -2.12. The van der Waals surface area contributed by atoms with Crippen LogP contribution in [0.25, 0.3) is 0 Å². The first kappa shape index (κ1) is 20.6. The molecule has 150 valence electrons. The molecule has 0 aliphatic carbocycles. The molecule has 0 aliphatic rings. The van der Waals surface area contributed by atoms with E-state index in [1.165, 1.54) is 32.4 Å². The topological polar surface area (TPSA) is 171 Å². The Morgan fingerprint density at radius 1 is 0.964 bits per heavy atom. The normalized spacial score (nSPS) is 10.5. The zero-order valence-electron chi connectivity index (χ0n) is 14.9. The molecule has 0 unspecified atom stereocenters. The summed E-state index contributed by atoms with van der Waals surface area (Å²) in [5.41, 5.74) is 4.08. The highest BCUT2D eigenvalue weighted by atomic mass is 32.2. The van der Waals surface area contributed by atoms with Crippen LogP contribution in [0.1, 0.15) is 10.4 Å². The lowest BCUT2D eigenvalue weighted by atomic mass is 10.2. The Labute approximate surface area is 159 Å². The highest BCUT2D eigenvalue weighted by Crippen LogP contribution is 2.16. The van der Waals surface area contributed by atoms with E-state index >= 15 is 0 Å². The van der Waals surface area contributed by atoms with Gasteiger partial charge in [0, 0.05) is 0 Å². The molecule has 28 heavy (non-hydrogen) atoms. The molecule has 2 aromatic rings. The summed E-state index contributed by atoms with van der Waals surface area (Å²) < 4.78 is 40.8. The van der Waals surface area contributed by atoms with Crippen LogP contribution in [0.4, 0.5) is 10.7 Å². The number of benzene rings is 1. The molecule has 0 spiro atoms. The van der Waals surface area contributed by atoms with Crippen molar-refractivity contribution in [2.75, 3.05) is 26.8 Å². The van der Waals surface area contributed by atoms with Gasteiger partial charge in [-0.3, -0.25) is 5.43 Å². The minimum atomic E-state index is -4.38. The molecule has 0 atom stereocenters. The Bertz CT molecular complexity index is 960. The molecule has 0 saturated heterocycles. The number of esters is 1. The smallest absolute Gasteiger partial charge is 0.347 e. The minimum absolute atomic E-state index is 0.101. The number of rotatable bonds is 7. The zero-order valence-corrected chi connectivity index (χ0v) is 15.7. The molecule has 0 fully saturated rings. The van der Waals surface area contributed by atoms with E-state index in [0.717, 1.165) is 13.2 Å². The molecule has 0 aliphatic heterocycles. The number of carbonyl (C=O) groups excluding carboxylic acids is 2. The van der Waals surface area contributed by atoms with Gasteiger partial charge in [-0.1, -0.05) is 12.1 Å². The molecule has 13 nitrogen and oxygen atoms in total. The Morgan fingerprint density at radius 2 is 1.57 bits per heavy atom. The molecule has 14 heteroatoms. The average Bonchev–Trinajstić information content (AvgIpc) is 2.71. The highest BCUT2D eigenvalue weighted by Gasteiger charge is 2.24. The van der Waals surface area contributed by atoms with Gasteiger partial charge in [0.15, 0.2) is 0 Å². The number of ether oxygens (including phenoxy) is 3. The number of hydrazine groups is 1. The molecular weight excluding hydrogens is 396 g/mol. The number of methoxy groups -OCH3 is 3. The van der Waals surface area contributed by atoms with Gasteiger partial charge in [0.2, 0.25) is 0 Å². The first-order chi connectivity index (χ1) is 13.3. The third-order valence-electron chi connectivity index (χ3n) is 3.06. The highest BCUT2D eigenvalue weighted by molar-refractivity contribution is 7.90. The lowest BCUT2D eigenvalue weighted by molar-refractivity contribution is 0.0596. The quantitative estimate of drug-likeness (QED) is 0.402. The number of urea groups is 1. The van der Waals surface area contributed by atoms with E-state index in [0.29, 0.717) is 0 Å². The van der Waals surface area contributed by atoms with Crippen LogP contribution in [-0.2, 0) is 14.8 Å². The van der Waals surface area contributed by atoms with Gasteiger partial charge >= 0.3 is 24.0 Å². The van der Waals surface area contributed by atoms with Crippen LogP contribution in [0.15, 0.2) is 29.2 Å². The maximum atomic E-state index is 12.4. The van der Waals surface area contributed by atoms with Gasteiger partial charge in [0.25, 0.3) is 16.0 Å². The van der Waals surface area contributed by atoms with E-state index in [1.807, 2.05) is 5.43 Å². The maximum absolute atomic E-state index is 12.4. The van der Waals surface area contributed by atoms with Crippen molar-refractivity contribution in [1.29, 1.82) is 0 Å². The SMILES string of the molecule is COC(=O)c1ccccc1S(=O)(=O)NC(=O)NNc1nc(OC)nc(OC)n1. The maximum Gasteiger partial charge on any atom is 0.347 e. The second-order valence-corrected chi connectivity index (χ2v) is 6.46. The summed E-state index contributed by atoms with van der Waals surface area (Å²) in [6.07, 6.45) is 0. The van der Waals surface area contributed by atoms with Gasteiger partial charge < -0.3 is 14.2 Å². The van der Waals surface area contributed by atoms with Crippen LogP contribution in [-0.4, -0.2) is 56.7 Å². The van der Waals surface area contributed by atoms with E-state index < -0.39 is 26.9 Å². The molecule has 2 amide bonds. The van der Waals surface area contributed by atoms with Crippen molar-refractivity contribution < 1.29 is 32.2 Å². The second kappa shape index (κ2) is 8.81. The van der Waals surface area contributed by atoms with Crippen molar-refractivity contribution >= 4 is 28.0 Å². The Hall–Kier alpha value is -3.68. The Kier molecular flexibility index (Phi) is 6.49. The molecule has 3 N–H and O–H groups in total. The molecule has 1 aromatic carbocycles. The predicted octanol–water partition coefficient (Wildman–Crippen LogP) is -0.310. The van der Waals surface area contributed by atoms with Crippen LogP contribution in [0.3, 0.4) is 0 Å². The summed E-state index contributed by atoms with van der Waals surface area (Å²) in [6.45, 7) is 0. The third-order valence-corrected chi connectivity index (χ3v) is 4.45. The van der Waals surface area contributed by atoms with Crippen LogP contribution >= 0.6 is 0 Å². The fourth-order valence-corrected chi connectivity index (χ4v) is 2.97. The molecule has 0 radical (unpaired) electrons. The van der Waals surface area contributed by atoms with Crippen LogP contribution in [0, 0.1) is 0 Å². The number of anilines is 1. The first-order valence-corrected chi connectivity index (χ1v) is 8.89. The fraction of sp³-hybridized carbons (Fsp3) is 0.214. The van der Waals surface area contributed by atoms with Crippen molar-refractivity contribution in [3.8, 4) is 12.0 Å². The van der Waals surface area contributed by atoms with Crippen molar-refractivity contribution in [1.82, 2.24) is 25.1 Å². The summed E-state index contributed by atoms with van der Waals surface area (Å²) in [5, 5.41) is 0. The minimum Gasteiger partial charge on any atom is -0.467 e. The van der Waals surface area contributed by atoms with E-state index in [2.05, 4.69) is 25.1 Å². The van der Waals surface area contributed by atoms with Crippen LogP contribution in [0.5, 0.6) is 12.0 Å². The zero-order chi connectivity index (χ0) is 20.7. The number of sulfonamides is 1. The number of hydrogen-bond donors (Lipinski definition) is 3. The summed E-state index contributed by atoms with van der Waals surface area (Å²) >= 11 is 0. The standard InChI is InChI=1S/C14H16N6O7S/c1-25-10(21)8-6-4-5-7-9(8)28(23,24)20-12(22)19-18-11-15-13(26-2)17-14(16-11)27-3/h4-7H,1-3H3,(H2,19,20,22)(H,15,16,17,18). The largest absolute Gasteiger partial charge is 0.467 e. The van der Waals surface area contributed by atoms with Gasteiger partial charge in [0.1, 0.15) is 4.90 Å². The van der Waals surface area contributed by atoms with Gasteiger partial charge in [-0.2, -0.15) is 9.97 Å². The van der Waals surface area contributed by atoms with Gasteiger partial charge in [-0.05, 0) is 12.1 Å². The van der Waals surface area contributed by atoms with E-state index in [9.17, 15) is 18.0 Å². The molecular formula is C14H16N6O7S. The second-order valence-electron chi connectivity index (χ2n) is 4.80. The van der Waals surface area contributed by atoms with Gasteiger partial charge in [-0.15, -0.1) is 4.98 Å². The monoisotopic (exact) mass is 412 g/mol. The third kappa shape index (κ3) is 4.94. The molecule has 1 heterocycles. The molecule has 1 aromatic heterocycles. The average molecular weight is 412 g/mol. The number of nitrogens with one attached hydrogen (secondary N) is 3. The molecule has 0 bridgehead atoms. The lowest BCUT2D eigenvalue weighted by Crippen LogP contribution is -2.42. The summed E-state index contributed by atoms with van der Waals surface area (Å²) in [5.74, 6) is -1.05. The number of aromatic nitrogens is 3. The number of hydrogen-bond acceptors (Lipinski definition) is 11. The van der Waals surface area contributed by atoms with E-state index in [-0.39, 0.29) is 23.5 Å². The first-order valence-electron chi connectivity index (χ1n) is 7.41. The number of nitrogens with zero attached hydrogens (tertiary/aromatic N) is 3. The summed E-state index contributed by atoms with van der Waals surface area (Å²) in [4.78, 5) is 34.6. The Morgan fingerprint density at radius 3 is 2.14 bits per heavy atom. The van der Waals surface area contributed by atoms with E-state index in [4.69, 9.17) is 9.47 Å². The van der Waals surface area contributed by atoms with Crippen molar-refractivity contribution in [3.63, 3.8) is 0 Å². The van der Waals surface area contributed by atoms with Crippen LogP contribution in [0.2, 0.25) is 0 Å². The van der Waals surface area contributed by atoms with Gasteiger partial charge in [0.05, 0.1) is 26.9 Å². The van der Waals surface area contributed by atoms with Crippen LogP contribution < -0.4 is 25.0 Å². The van der Waals surface area contributed by atoms with Crippen molar-refractivity contribution in [2.24, 2.45) is 0 Å². The number of carbonyl (C=O) groups is 2. The van der Waals surface area contributed by atoms with Crippen molar-refractivity contribution in [3.05, 3.63) is 29.8 Å². The molecule has 2 rings (SSSR count). The van der Waals surface area contributed by atoms with Crippen molar-refractivity contribution in [2.45, 2.75) is 4.90 Å². The predicted molar refractivity (Wildman–Crippen MR) is 93.2 cm³/mol. The fourth-order valence-electron chi connectivity index (χ4n) is 1.87. The summed E-state index contributed by atoms with van der Waals surface area (Å²) in [6, 6.07) is 3.87. The van der Waals surface area contributed by atoms with Gasteiger partial charge in [-0.25, -0.2) is 28.2 Å². The van der Waals surface area contributed by atoms with E-state index in [1.54, 1.807) is 4.72 Å².